The Labute approximate surface area is 88.7 Å². The second kappa shape index (κ2) is 5.22. The Bertz CT molecular complexity index is 198. The SMILES string of the molecule is CC(C)C(N)COC(C(F)(F)F)C(F)(F)F. The van der Waals surface area contributed by atoms with Gasteiger partial charge >= 0.3 is 12.4 Å². The predicted molar refractivity (Wildman–Crippen MR) is 44.7 cm³/mol. The Morgan fingerprint density at radius 1 is 1.00 bits per heavy atom. The zero-order valence-electron chi connectivity index (χ0n) is 8.69. The van der Waals surface area contributed by atoms with Crippen LogP contribution in [-0.2, 0) is 4.74 Å². The molecule has 0 saturated carbocycles. The predicted octanol–water partition coefficient (Wildman–Crippen LogP) is 2.48. The molecule has 0 aliphatic heterocycles. The number of hydrogen-bond acceptors (Lipinski definition) is 2. The van der Waals surface area contributed by atoms with Gasteiger partial charge in [0.2, 0.25) is 6.10 Å². The van der Waals surface area contributed by atoms with E-state index in [-0.39, 0.29) is 5.92 Å². The molecule has 1 atom stereocenters. The summed E-state index contributed by atoms with van der Waals surface area (Å²) in [4.78, 5) is 0. The summed E-state index contributed by atoms with van der Waals surface area (Å²) < 4.78 is 75.7. The lowest BCUT2D eigenvalue weighted by Crippen LogP contribution is -2.47. The van der Waals surface area contributed by atoms with Gasteiger partial charge in [0, 0.05) is 6.04 Å². The van der Waals surface area contributed by atoms with E-state index in [0.717, 1.165) is 0 Å². The Morgan fingerprint density at radius 2 is 1.38 bits per heavy atom. The number of hydrogen-bond donors (Lipinski definition) is 1. The lowest BCUT2D eigenvalue weighted by Gasteiger charge is -2.25. The zero-order chi connectivity index (χ0) is 13.1. The van der Waals surface area contributed by atoms with Gasteiger partial charge in [-0.15, -0.1) is 0 Å². The maximum Gasteiger partial charge on any atom is 0.423 e. The van der Waals surface area contributed by atoms with Gasteiger partial charge in [-0.1, -0.05) is 13.8 Å². The van der Waals surface area contributed by atoms with E-state index in [4.69, 9.17) is 5.73 Å². The highest BCUT2D eigenvalue weighted by Gasteiger charge is 2.58. The third kappa shape index (κ3) is 5.02. The summed E-state index contributed by atoms with van der Waals surface area (Å²) in [5, 5.41) is 0. The molecule has 2 N–H and O–H groups in total. The van der Waals surface area contributed by atoms with E-state index in [1.165, 1.54) is 0 Å². The second-order valence-electron chi connectivity index (χ2n) is 3.70. The lowest BCUT2D eigenvalue weighted by molar-refractivity contribution is -0.322. The van der Waals surface area contributed by atoms with Gasteiger partial charge in [-0.3, -0.25) is 0 Å². The van der Waals surface area contributed by atoms with Crippen molar-refractivity contribution in [2.45, 2.75) is 38.3 Å². The maximum absolute atomic E-state index is 12.0. The van der Waals surface area contributed by atoms with Crippen LogP contribution < -0.4 is 5.73 Å². The van der Waals surface area contributed by atoms with Crippen LogP contribution in [-0.4, -0.2) is 31.1 Å². The van der Waals surface area contributed by atoms with Gasteiger partial charge < -0.3 is 10.5 Å². The van der Waals surface area contributed by atoms with Crippen LogP contribution in [0.4, 0.5) is 26.3 Å². The summed E-state index contributed by atoms with van der Waals surface area (Å²) in [6, 6.07) is -0.868. The molecule has 0 aromatic rings. The van der Waals surface area contributed by atoms with Gasteiger partial charge in [0.05, 0.1) is 6.61 Å². The number of ether oxygens (including phenoxy) is 1. The molecule has 1 unspecified atom stereocenters. The van der Waals surface area contributed by atoms with Crippen LogP contribution in [0.5, 0.6) is 0 Å². The Balaban J connectivity index is 4.48. The van der Waals surface area contributed by atoms with Crippen LogP contribution in [0.3, 0.4) is 0 Å². The summed E-state index contributed by atoms with van der Waals surface area (Å²) >= 11 is 0. The molecular formula is C8H13F6NO. The third-order valence-electron chi connectivity index (χ3n) is 1.91. The van der Waals surface area contributed by atoms with Crippen LogP contribution in [0.25, 0.3) is 0 Å². The standard InChI is InChI=1S/C8H13F6NO/c1-4(2)5(15)3-16-6(7(9,10)11)8(12,13)14/h4-6H,3,15H2,1-2H3. The van der Waals surface area contributed by atoms with Crippen molar-refractivity contribution in [3.05, 3.63) is 0 Å². The quantitative estimate of drug-likeness (QED) is 0.781. The van der Waals surface area contributed by atoms with E-state index in [0.29, 0.717) is 0 Å². The van der Waals surface area contributed by atoms with Crippen LogP contribution in [0, 0.1) is 5.92 Å². The van der Waals surface area contributed by atoms with E-state index in [1.54, 1.807) is 13.8 Å². The first-order chi connectivity index (χ1) is 6.96. The van der Waals surface area contributed by atoms with Gasteiger partial charge in [0.1, 0.15) is 0 Å². The van der Waals surface area contributed by atoms with Crippen molar-refractivity contribution in [3.8, 4) is 0 Å². The average Bonchev–Trinajstić information content (AvgIpc) is 1.98. The summed E-state index contributed by atoms with van der Waals surface area (Å²) in [5.74, 6) is -0.262. The molecule has 98 valence electrons. The number of rotatable bonds is 4. The van der Waals surface area contributed by atoms with Gasteiger partial charge in [0.15, 0.2) is 0 Å². The summed E-state index contributed by atoms with van der Waals surface area (Å²) in [7, 11) is 0. The highest BCUT2D eigenvalue weighted by Crippen LogP contribution is 2.35. The Hall–Kier alpha value is -0.500. The van der Waals surface area contributed by atoms with Gasteiger partial charge in [-0.05, 0) is 5.92 Å². The fourth-order valence-corrected chi connectivity index (χ4v) is 0.774. The zero-order valence-corrected chi connectivity index (χ0v) is 8.69. The second-order valence-corrected chi connectivity index (χ2v) is 3.70. The monoisotopic (exact) mass is 253 g/mol. The van der Waals surface area contributed by atoms with Crippen LogP contribution >= 0.6 is 0 Å². The van der Waals surface area contributed by atoms with E-state index in [1.807, 2.05) is 0 Å². The molecule has 16 heavy (non-hydrogen) atoms. The van der Waals surface area contributed by atoms with E-state index in [2.05, 4.69) is 4.74 Å². The minimum absolute atomic E-state index is 0.262. The molecule has 0 rings (SSSR count). The summed E-state index contributed by atoms with van der Waals surface area (Å²) in [6.45, 7) is 2.36. The van der Waals surface area contributed by atoms with Crippen LogP contribution in [0.2, 0.25) is 0 Å². The van der Waals surface area contributed by atoms with E-state index in [9.17, 15) is 26.3 Å². The van der Waals surface area contributed by atoms with Gasteiger partial charge in [-0.25, -0.2) is 0 Å². The van der Waals surface area contributed by atoms with Crippen LogP contribution in [0.15, 0.2) is 0 Å². The van der Waals surface area contributed by atoms with Crippen molar-refractivity contribution in [1.82, 2.24) is 0 Å². The molecule has 0 spiro atoms. The molecule has 0 aromatic heterocycles. The van der Waals surface area contributed by atoms with Crippen molar-refractivity contribution in [2.75, 3.05) is 6.61 Å². The molecule has 0 aliphatic rings. The first-order valence-corrected chi connectivity index (χ1v) is 4.47. The van der Waals surface area contributed by atoms with Crippen molar-refractivity contribution in [2.24, 2.45) is 11.7 Å². The van der Waals surface area contributed by atoms with Crippen molar-refractivity contribution >= 4 is 0 Å². The molecular weight excluding hydrogens is 240 g/mol. The molecule has 2 nitrogen and oxygen atoms in total. The average molecular weight is 253 g/mol. The first-order valence-electron chi connectivity index (χ1n) is 4.47. The van der Waals surface area contributed by atoms with E-state index >= 15 is 0 Å². The normalized spacial score (nSPS) is 15.9. The number of alkyl halides is 6. The highest BCUT2D eigenvalue weighted by molar-refractivity contribution is 4.77. The molecule has 0 fully saturated rings. The molecule has 0 aromatic carbocycles. The molecule has 8 heteroatoms. The molecule has 0 saturated heterocycles. The topological polar surface area (TPSA) is 35.2 Å². The molecule has 0 radical (unpaired) electrons. The number of halogens is 6. The molecule has 0 amide bonds. The third-order valence-corrected chi connectivity index (χ3v) is 1.91. The molecule has 0 aliphatic carbocycles. The largest absolute Gasteiger partial charge is 0.423 e. The van der Waals surface area contributed by atoms with Crippen molar-refractivity contribution in [1.29, 1.82) is 0 Å². The van der Waals surface area contributed by atoms with Crippen molar-refractivity contribution in [3.63, 3.8) is 0 Å². The van der Waals surface area contributed by atoms with E-state index < -0.39 is 31.1 Å². The highest BCUT2D eigenvalue weighted by atomic mass is 19.4. The smallest absolute Gasteiger partial charge is 0.359 e. The minimum atomic E-state index is -5.48. The Kier molecular flexibility index (Phi) is 5.06. The number of nitrogens with two attached hydrogens (primary N) is 1. The van der Waals surface area contributed by atoms with Gasteiger partial charge in [-0.2, -0.15) is 26.3 Å². The molecule has 0 heterocycles. The van der Waals surface area contributed by atoms with Crippen molar-refractivity contribution < 1.29 is 31.1 Å². The summed E-state index contributed by atoms with van der Waals surface area (Å²) in [5.41, 5.74) is 5.29. The minimum Gasteiger partial charge on any atom is -0.359 e. The Morgan fingerprint density at radius 3 is 1.62 bits per heavy atom. The first kappa shape index (κ1) is 15.5. The fraction of sp³-hybridized carbons (Fsp3) is 1.00. The van der Waals surface area contributed by atoms with Gasteiger partial charge in [0.25, 0.3) is 0 Å². The summed E-state index contributed by atoms with van der Waals surface area (Å²) in [6.07, 6.45) is -14.7. The lowest BCUT2D eigenvalue weighted by atomic mass is 10.1. The van der Waals surface area contributed by atoms with Crippen LogP contribution in [0.1, 0.15) is 13.8 Å². The maximum atomic E-state index is 12.0. The fourth-order valence-electron chi connectivity index (χ4n) is 0.774. The molecule has 0 bridgehead atoms.